The van der Waals surface area contributed by atoms with E-state index in [2.05, 4.69) is 4.98 Å². The molecule has 6 nitrogen and oxygen atoms in total. The molecule has 0 aromatic carbocycles. The van der Waals surface area contributed by atoms with Gasteiger partial charge in [-0.05, 0) is 27.8 Å². The molecule has 6 heteroatoms. The Balaban J connectivity index is 2.61. The molecule has 0 aliphatic heterocycles. The van der Waals surface area contributed by atoms with Crippen molar-refractivity contribution in [3.8, 4) is 0 Å². The van der Waals surface area contributed by atoms with Crippen molar-refractivity contribution >= 4 is 11.8 Å². The largest absolute Gasteiger partial charge is 0.465 e. The summed E-state index contributed by atoms with van der Waals surface area (Å²) in [6.07, 6.45) is 3.57. The highest BCUT2D eigenvalue weighted by Crippen LogP contribution is 2.19. The van der Waals surface area contributed by atoms with Gasteiger partial charge in [0.2, 0.25) is 0 Å². The summed E-state index contributed by atoms with van der Waals surface area (Å²) < 4.78 is 6.84. The Morgan fingerprint density at radius 3 is 2.60 bits per heavy atom. The maximum absolute atomic E-state index is 12.2. The van der Waals surface area contributed by atoms with E-state index in [4.69, 9.17) is 4.74 Å². The number of likely N-dealkylation sites (N-methyl/N-ethyl adjacent to an activating group) is 1. The molecule has 1 aromatic heterocycles. The Labute approximate surface area is 119 Å². The molecule has 1 heterocycles. The number of esters is 1. The first kappa shape index (κ1) is 16.4. The Hall–Kier alpha value is -1.69. The highest BCUT2D eigenvalue weighted by Gasteiger charge is 2.37. The monoisotopic (exact) mass is 281 g/mol. The van der Waals surface area contributed by atoms with E-state index in [1.807, 2.05) is 29.8 Å². The fourth-order valence-corrected chi connectivity index (χ4v) is 1.71. The Morgan fingerprint density at radius 2 is 2.10 bits per heavy atom. The van der Waals surface area contributed by atoms with E-state index in [0.29, 0.717) is 6.54 Å². The van der Waals surface area contributed by atoms with Crippen LogP contribution < -0.4 is 0 Å². The van der Waals surface area contributed by atoms with Crippen LogP contribution in [0.25, 0.3) is 0 Å². The lowest BCUT2D eigenvalue weighted by atomic mass is 9.88. The second kappa shape index (κ2) is 6.65. The minimum Gasteiger partial charge on any atom is -0.465 e. The zero-order valence-electron chi connectivity index (χ0n) is 12.8. The quantitative estimate of drug-likeness (QED) is 0.551. The first-order valence-electron chi connectivity index (χ1n) is 6.64. The molecule has 20 heavy (non-hydrogen) atoms. The average molecular weight is 281 g/mol. The van der Waals surface area contributed by atoms with Crippen molar-refractivity contribution in [3.05, 3.63) is 18.2 Å². The van der Waals surface area contributed by atoms with Crippen molar-refractivity contribution in [1.29, 1.82) is 0 Å². The lowest BCUT2D eigenvalue weighted by Crippen LogP contribution is -2.41. The van der Waals surface area contributed by atoms with Crippen LogP contribution >= 0.6 is 0 Å². The van der Waals surface area contributed by atoms with Gasteiger partial charge >= 0.3 is 5.97 Å². The molecule has 0 bridgehead atoms. The third-order valence-corrected chi connectivity index (χ3v) is 3.23. The van der Waals surface area contributed by atoms with E-state index >= 15 is 0 Å². The first-order valence-corrected chi connectivity index (χ1v) is 6.64. The highest BCUT2D eigenvalue weighted by molar-refractivity contribution is 6.03. The van der Waals surface area contributed by atoms with Crippen molar-refractivity contribution in [1.82, 2.24) is 14.5 Å². The summed E-state index contributed by atoms with van der Waals surface area (Å²) in [4.78, 5) is 30.1. The van der Waals surface area contributed by atoms with Crippen molar-refractivity contribution in [3.63, 3.8) is 0 Å². The van der Waals surface area contributed by atoms with E-state index in [0.717, 1.165) is 5.82 Å². The van der Waals surface area contributed by atoms with Crippen LogP contribution in [0.15, 0.2) is 12.4 Å². The molecule has 112 valence electrons. The van der Waals surface area contributed by atoms with E-state index < -0.39 is 11.4 Å². The number of Topliss-reactive ketones (excluding diaryl/α,β-unsaturated/α-hetero) is 1. The maximum atomic E-state index is 12.2. The Bertz CT molecular complexity index is 480. The molecule has 0 spiro atoms. The SMILES string of the molecule is CCOC(=O)C(C)(C)C(=O)CN(C)Cc1nccn1C. The molecule has 0 fully saturated rings. The number of hydrogen-bond acceptors (Lipinski definition) is 5. The number of aromatic nitrogens is 2. The van der Waals surface area contributed by atoms with Gasteiger partial charge in [-0.1, -0.05) is 0 Å². The van der Waals surface area contributed by atoms with Crippen LogP contribution in [0.4, 0.5) is 0 Å². The highest BCUT2D eigenvalue weighted by atomic mass is 16.5. The predicted octanol–water partition coefficient (Wildman–Crippen LogP) is 1.01. The summed E-state index contributed by atoms with van der Waals surface area (Å²) in [7, 11) is 3.73. The number of hydrogen-bond donors (Lipinski definition) is 0. The summed E-state index contributed by atoms with van der Waals surface area (Å²) in [6.45, 7) is 5.93. The molecule has 0 amide bonds. The fourth-order valence-electron chi connectivity index (χ4n) is 1.71. The van der Waals surface area contributed by atoms with Gasteiger partial charge in [-0.15, -0.1) is 0 Å². The molecular formula is C14H23N3O3. The van der Waals surface area contributed by atoms with E-state index in [1.165, 1.54) is 0 Å². The summed E-state index contributed by atoms with van der Waals surface area (Å²) >= 11 is 0. The van der Waals surface area contributed by atoms with Crippen LogP contribution in [0.5, 0.6) is 0 Å². The number of imidazole rings is 1. The number of carbonyl (C=O) groups is 2. The zero-order valence-corrected chi connectivity index (χ0v) is 12.8. The van der Waals surface area contributed by atoms with Gasteiger partial charge in [0.25, 0.3) is 0 Å². The summed E-state index contributed by atoms with van der Waals surface area (Å²) in [5, 5.41) is 0. The van der Waals surface area contributed by atoms with Crippen LogP contribution in [0.2, 0.25) is 0 Å². The summed E-state index contributed by atoms with van der Waals surface area (Å²) in [6, 6.07) is 0. The van der Waals surface area contributed by atoms with Crippen molar-refractivity contribution in [2.75, 3.05) is 20.2 Å². The van der Waals surface area contributed by atoms with E-state index in [9.17, 15) is 9.59 Å². The molecule has 0 saturated heterocycles. The van der Waals surface area contributed by atoms with Gasteiger partial charge in [-0.25, -0.2) is 4.98 Å². The van der Waals surface area contributed by atoms with Crippen molar-refractivity contribution < 1.29 is 14.3 Å². The predicted molar refractivity (Wildman–Crippen MR) is 75.0 cm³/mol. The summed E-state index contributed by atoms with van der Waals surface area (Å²) in [5.74, 6) is 0.234. The molecule has 0 N–H and O–H groups in total. The third kappa shape index (κ3) is 3.90. The van der Waals surface area contributed by atoms with E-state index in [-0.39, 0.29) is 18.9 Å². The molecule has 0 atom stereocenters. The molecule has 0 unspecified atom stereocenters. The molecule has 0 aliphatic carbocycles. The molecule has 1 rings (SSSR count). The number of carbonyl (C=O) groups excluding carboxylic acids is 2. The van der Waals surface area contributed by atoms with Gasteiger partial charge in [-0.3, -0.25) is 14.5 Å². The minimum absolute atomic E-state index is 0.160. The number of nitrogens with zero attached hydrogens (tertiary/aromatic N) is 3. The van der Waals surface area contributed by atoms with Gasteiger partial charge in [0.05, 0.1) is 19.7 Å². The Kier molecular flexibility index (Phi) is 5.44. The smallest absolute Gasteiger partial charge is 0.319 e. The zero-order chi connectivity index (χ0) is 15.3. The molecule has 0 saturated carbocycles. The first-order chi connectivity index (χ1) is 9.28. The number of rotatable bonds is 7. The van der Waals surface area contributed by atoms with Crippen molar-refractivity contribution in [2.24, 2.45) is 12.5 Å². The van der Waals surface area contributed by atoms with E-state index in [1.54, 1.807) is 27.0 Å². The van der Waals surface area contributed by atoms with Gasteiger partial charge < -0.3 is 9.30 Å². The third-order valence-electron chi connectivity index (χ3n) is 3.23. The molecule has 0 aliphatic rings. The Morgan fingerprint density at radius 1 is 1.45 bits per heavy atom. The van der Waals surface area contributed by atoms with Crippen molar-refractivity contribution in [2.45, 2.75) is 27.3 Å². The fraction of sp³-hybridized carbons (Fsp3) is 0.643. The number of ketones is 1. The van der Waals surface area contributed by atoms with Crippen LogP contribution in [0.3, 0.4) is 0 Å². The van der Waals surface area contributed by atoms with Gasteiger partial charge in [0.1, 0.15) is 11.2 Å². The number of aryl methyl sites for hydroxylation is 1. The molecule has 0 radical (unpaired) electrons. The second-order valence-electron chi connectivity index (χ2n) is 5.40. The average Bonchev–Trinajstić information content (AvgIpc) is 2.75. The number of ether oxygens (including phenoxy) is 1. The van der Waals surface area contributed by atoms with Crippen LogP contribution in [0, 0.1) is 5.41 Å². The molecule has 1 aromatic rings. The van der Waals surface area contributed by atoms with Gasteiger partial charge in [-0.2, -0.15) is 0 Å². The summed E-state index contributed by atoms with van der Waals surface area (Å²) in [5.41, 5.74) is -1.12. The minimum atomic E-state index is -1.12. The van der Waals surface area contributed by atoms with Crippen LogP contribution in [0.1, 0.15) is 26.6 Å². The van der Waals surface area contributed by atoms with Gasteiger partial charge in [0, 0.05) is 19.4 Å². The van der Waals surface area contributed by atoms with Crippen LogP contribution in [-0.2, 0) is 27.9 Å². The van der Waals surface area contributed by atoms with Crippen LogP contribution in [-0.4, -0.2) is 46.4 Å². The van der Waals surface area contributed by atoms with Gasteiger partial charge in [0.15, 0.2) is 5.78 Å². The lowest BCUT2D eigenvalue weighted by Gasteiger charge is -2.24. The lowest BCUT2D eigenvalue weighted by molar-refractivity contribution is -0.158. The topological polar surface area (TPSA) is 64.4 Å². The maximum Gasteiger partial charge on any atom is 0.319 e. The standard InChI is InChI=1S/C14H23N3O3/c1-6-20-13(19)14(2,3)11(18)9-16(4)10-12-15-7-8-17(12)5/h7-8H,6,9-10H2,1-5H3. The normalized spacial score (nSPS) is 11.7. The second-order valence-corrected chi connectivity index (χ2v) is 5.40. The molecular weight excluding hydrogens is 258 g/mol.